The summed E-state index contributed by atoms with van der Waals surface area (Å²) in [6, 6.07) is 23.1. The van der Waals surface area contributed by atoms with E-state index in [2.05, 4.69) is 11.0 Å². The van der Waals surface area contributed by atoms with Crippen LogP contribution in [0, 0.1) is 6.92 Å². The van der Waals surface area contributed by atoms with Crippen LogP contribution in [0.15, 0.2) is 83.8 Å². The molecule has 9 heteroatoms. The van der Waals surface area contributed by atoms with E-state index in [1.165, 1.54) is 12.1 Å². The minimum absolute atomic E-state index is 0.366. The summed E-state index contributed by atoms with van der Waals surface area (Å²) in [5, 5.41) is 9.30. The van der Waals surface area contributed by atoms with Gasteiger partial charge in [-0.15, -0.1) is 23.1 Å². The second-order valence-corrected chi connectivity index (χ2v) is 11.6. The van der Waals surface area contributed by atoms with E-state index < -0.39 is 23.8 Å². The standard InChI is InChI=1S/C31H30F3NO3S2/c1-4-26(30(36)37)38-27-15-14-25(16-20(27)2)39-19-29-22(18-35(3)24-8-6-5-7-9-24)17-28(40-29)21-10-12-23(13-11-21)31(32,33)34/h5-17,26H,4,18-19H2,1-3H3,(H,36,37). The molecular formula is C31H30F3NO3S2. The second kappa shape index (κ2) is 12.8. The summed E-state index contributed by atoms with van der Waals surface area (Å²) in [7, 11) is 2.02. The van der Waals surface area contributed by atoms with Crippen molar-refractivity contribution in [3.63, 3.8) is 0 Å². The fraction of sp³-hybridized carbons (Fsp3) is 0.258. The summed E-state index contributed by atoms with van der Waals surface area (Å²) in [5.74, 6) is 0.231. The average molecular weight is 586 g/mol. The number of carboxylic acids is 1. The van der Waals surface area contributed by atoms with Gasteiger partial charge in [0.15, 0.2) is 6.10 Å². The molecular weight excluding hydrogens is 555 g/mol. The summed E-state index contributed by atoms with van der Waals surface area (Å²) in [6.07, 6.45) is -4.90. The summed E-state index contributed by atoms with van der Waals surface area (Å²) in [6.45, 7) is 4.31. The molecule has 0 aliphatic carbocycles. The number of aryl methyl sites for hydroxylation is 1. The number of aliphatic carboxylic acids is 1. The van der Waals surface area contributed by atoms with Gasteiger partial charge in [-0.2, -0.15) is 13.2 Å². The first kappa shape index (κ1) is 29.6. The minimum Gasteiger partial charge on any atom is -0.479 e. The predicted molar refractivity (Wildman–Crippen MR) is 156 cm³/mol. The largest absolute Gasteiger partial charge is 0.479 e. The molecule has 0 saturated carbocycles. The van der Waals surface area contributed by atoms with Crippen LogP contribution in [0.5, 0.6) is 5.75 Å². The fourth-order valence-corrected chi connectivity index (χ4v) is 6.47. The highest BCUT2D eigenvalue weighted by atomic mass is 32.2. The maximum atomic E-state index is 13.1. The summed E-state index contributed by atoms with van der Waals surface area (Å²) < 4.78 is 44.9. The quantitative estimate of drug-likeness (QED) is 0.178. The number of anilines is 1. The predicted octanol–water partition coefficient (Wildman–Crippen LogP) is 8.91. The van der Waals surface area contributed by atoms with Gasteiger partial charge in [0.05, 0.1) is 5.56 Å². The number of carboxylic acid groups (broad SMARTS) is 1. The van der Waals surface area contributed by atoms with Crippen molar-refractivity contribution >= 4 is 34.8 Å². The molecule has 4 rings (SSSR count). The molecule has 0 spiro atoms. The van der Waals surface area contributed by atoms with Crippen molar-refractivity contribution in [2.24, 2.45) is 0 Å². The Morgan fingerprint density at radius 3 is 2.35 bits per heavy atom. The van der Waals surface area contributed by atoms with Crippen LogP contribution in [0.25, 0.3) is 10.4 Å². The van der Waals surface area contributed by atoms with Crippen molar-refractivity contribution in [3.8, 4) is 16.2 Å². The molecule has 1 atom stereocenters. The number of rotatable bonds is 11. The molecule has 1 unspecified atom stereocenters. The van der Waals surface area contributed by atoms with E-state index in [0.29, 0.717) is 24.5 Å². The van der Waals surface area contributed by atoms with E-state index in [0.717, 1.165) is 49.2 Å². The Morgan fingerprint density at radius 1 is 1.05 bits per heavy atom. The topological polar surface area (TPSA) is 49.8 Å². The third-order valence-corrected chi connectivity index (χ3v) is 8.86. The highest BCUT2D eigenvalue weighted by Crippen LogP contribution is 2.38. The summed E-state index contributed by atoms with van der Waals surface area (Å²) in [5.41, 5.74) is 3.12. The number of alkyl halides is 3. The third kappa shape index (κ3) is 7.40. The Morgan fingerprint density at radius 2 is 1.75 bits per heavy atom. The lowest BCUT2D eigenvalue weighted by Gasteiger charge is -2.19. The number of thiophene rings is 1. The van der Waals surface area contributed by atoms with Gasteiger partial charge < -0.3 is 14.7 Å². The monoisotopic (exact) mass is 585 g/mol. The Kier molecular flexibility index (Phi) is 9.48. The first-order valence-electron chi connectivity index (χ1n) is 12.7. The summed E-state index contributed by atoms with van der Waals surface area (Å²) >= 11 is 3.24. The van der Waals surface area contributed by atoms with Crippen molar-refractivity contribution in [1.29, 1.82) is 0 Å². The van der Waals surface area contributed by atoms with Gasteiger partial charge in [-0.25, -0.2) is 4.79 Å². The van der Waals surface area contributed by atoms with Crippen LogP contribution < -0.4 is 9.64 Å². The van der Waals surface area contributed by atoms with Gasteiger partial charge >= 0.3 is 12.1 Å². The van der Waals surface area contributed by atoms with Crippen molar-refractivity contribution in [2.75, 3.05) is 11.9 Å². The van der Waals surface area contributed by atoms with Gasteiger partial charge in [-0.05, 0) is 78.6 Å². The van der Waals surface area contributed by atoms with Gasteiger partial charge in [-0.3, -0.25) is 0 Å². The lowest BCUT2D eigenvalue weighted by molar-refractivity contribution is -0.145. The number of halogens is 3. The number of hydrogen-bond acceptors (Lipinski definition) is 5. The molecule has 40 heavy (non-hydrogen) atoms. The third-order valence-electron chi connectivity index (χ3n) is 6.43. The molecule has 0 radical (unpaired) electrons. The van der Waals surface area contributed by atoms with Crippen LogP contribution in [-0.2, 0) is 23.3 Å². The van der Waals surface area contributed by atoms with Crippen molar-refractivity contribution in [2.45, 2.75) is 49.7 Å². The second-order valence-electron chi connectivity index (χ2n) is 9.39. The van der Waals surface area contributed by atoms with Crippen LogP contribution >= 0.6 is 23.1 Å². The smallest absolute Gasteiger partial charge is 0.416 e. The van der Waals surface area contributed by atoms with Crippen LogP contribution in [0.4, 0.5) is 18.9 Å². The van der Waals surface area contributed by atoms with Crippen LogP contribution in [-0.4, -0.2) is 24.2 Å². The molecule has 0 aliphatic rings. The Labute approximate surface area is 240 Å². The van der Waals surface area contributed by atoms with E-state index in [4.69, 9.17) is 4.74 Å². The van der Waals surface area contributed by atoms with E-state index in [-0.39, 0.29) is 0 Å². The number of hydrogen-bond donors (Lipinski definition) is 1. The van der Waals surface area contributed by atoms with E-state index in [1.54, 1.807) is 36.1 Å². The van der Waals surface area contributed by atoms with Crippen molar-refractivity contribution in [1.82, 2.24) is 0 Å². The highest BCUT2D eigenvalue weighted by Gasteiger charge is 2.30. The lowest BCUT2D eigenvalue weighted by Crippen LogP contribution is -2.26. The molecule has 1 heterocycles. The molecule has 0 amide bonds. The maximum Gasteiger partial charge on any atom is 0.416 e. The van der Waals surface area contributed by atoms with Gasteiger partial charge in [0.25, 0.3) is 0 Å². The maximum absolute atomic E-state index is 13.1. The normalized spacial score (nSPS) is 12.2. The van der Waals surface area contributed by atoms with E-state index in [1.807, 2.05) is 56.4 Å². The van der Waals surface area contributed by atoms with E-state index >= 15 is 0 Å². The molecule has 1 N–H and O–H groups in total. The first-order valence-corrected chi connectivity index (χ1v) is 14.5. The molecule has 0 saturated heterocycles. The van der Waals surface area contributed by atoms with Crippen LogP contribution in [0.1, 0.15) is 34.9 Å². The highest BCUT2D eigenvalue weighted by molar-refractivity contribution is 7.98. The molecule has 210 valence electrons. The van der Waals surface area contributed by atoms with Gasteiger partial charge in [0.1, 0.15) is 5.75 Å². The van der Waals surface area contributed by atoms with Gasteiger partial charge in [0.2, 0.25) is 0 Å². The van der Waals surface area contributed by atoms with Crippen molar-refractivity contribution < 1.29 is 27.8 Å². The number of ether oxygens (including phenoxy) is 1. The first-order chi connectivity index (χ1) is 19.0. The Bertz CT molecular complexity index is 1440. The molecule has 0 bridgehead atoms. The molecule has 0 aliphatic heterocycles. The number of nitrogens with zero attached hydrogens (tertiary/aromatic N) is 1. The van der Waals surface area contributed by atoms with Crippen LogP contribution in [0.2, 0.25) is 0 Å². The van der Waals surface area contributed by atoms with Crippen LogP contribution in [0.3, 0.4) is 0 Å². The van der Waals surface area contributed by atoms with Gasteiger partial charge in [0, 0.05) is 39.7 Å². The molecule has 3 aromatic carbocycles. The summed E-state index contributed by atoms with van der Waals surface area (Å²) in [4.78, 5) is 16.6. The number of benzene rings is 3. The number of para-hydroxylation sites is 1. The van der Waals surface area contributed by atoms with Crippen molar-refractivity contribution in [3.05, 3.63) is 100 Å². The zero-order valence-corrected chi connectivity index (χ0v) is 24.0. The SMILES string of the molecule is CCC(Oc1ccc(SCc2sc(-c3ccc(C(F)(F)F)cc3)cc2CN(C)c2ccccc2)cc1C)C(=O)O. The number of thioether (sulfide) groups is 1. The average Bonchev–Trinajstić information content (AvgIpc) is 3.33. The van der Waals surface area contributed by atoms with E-state index in [9.17, 15) is 23.1 Å². The molecule has 1 aromatic heterocycles. The zero-order chi connectivity index (χ0) is 28.9. The minimum atomic E-state index is -4.37. The molecule has 4 nitrogen and oxygen atoms in total. The Balaban J connectivity index is 1.56. The lowest BCUT2D eigenvalue weighted by atomic mass is 10.1. The molecule has 0 fully saturated rings. The number of carbonyl (C=O) groups is 1. The Hall–Kier alpha value is -3.43. The fourth-order valence-electron chi connectivity index (χ4n) is 4.17. The molecule has 4 aromatic rings. The van der Waals surface area contributed by atoms with Gasteiger partial charge in [-0.1, -0.05) is 37.3 Å². The zero-order valence-electron chi connectivity index (χ0n) is 22.4.